The molecule has 18 heavy (non-hydrogen) atoms. The SMILES string of the molecule is CN(Cc1csc(Br)c1)C(=O)c1ncccc1Br. The van der Waals surface area contributed by atoms with Crippen LogP contribution in [0.3, 0.4) is 0 Å². The lowest BCUT2D eigenvalue weighted by molar-refractivity contribution is 0.0778. The molecular weight excluding hydrogens is 380 g/mol. The van der Waals surface area contributed by atoms with Crippen molar-refractivity contribution in [2.24, 2.45) is 0 Å². The molecule has 2 aromatic rings. The molecule has 2 aromatic heterocycles. The van der Waals surface area contributed by atoms with Crippen molar-refractivity contribution in [3.8, 4) is 0 Å². The Bertz CT molecular complexity index is 571. The first-order valence-electron chi connectivity index (χ1n) is 5.17. The Labute approximate surface area is 126 Å². The highest BCUT2D eigenvalue weighted by atomic mass is 79.9. The van der Waals surface area contributed by atoms with Gasteiger partial charge in [0.05, 0.1) is 3.79 Å². The van der Waals surface area contributed by atoms with Gasteiger partial charge in [0.2, 0.25) is 0 Å². The van der Waals surface area contributed by atoms with Gasteiger partial charge in [0.25, 0.3) is 5.91 Å². The summed E-state index contributed by atoms with van der Waals surface area (Å²) in [5, 5.41) is 2.03. The quantitative estimate of drug-likeness (QED) is 0.796. The summed E-state index contributed by atoms with van der Waals surface area (Å²) >= 11 is 8.36. The normalized spacial score (nSPS) is 10.4. The maximum absolute atomic E-state index is 12.2. The minimum atomic E-state index is -0.0928. The first kappa shape index (κ1) is 13.7. The molecule has 0 aromatic carbocycles. The van der Waals surface area contributed by atoms with E-state index in [-0.39, 0.29) is 5.91 Å². The molecule has 0 atom stereocenters. The highest BCUT2D eigenvalue weighted by Gasteiger charge is 2.16. The fraction of sp³-hybridized carbons (Fsp3) is 0.167. The van der Waals surface area contributed by atoms with Crippen LogP contribution in [-0.4, -0.2) is 22.8 Å². The predicted molar refractivity (Wildman–Crippen MR) is 79.8 cm³/mol. The second-order valence-corrected chi connectivity index (χ2v) is 6.90. The van der Waals surface area contributed by atoms with Gasteiger partial charge in [-0.25, -0.2) is 4.98 Å². The molecule has 0 aliphatic rings. The molecule has 0 spiro atoms. The number of thiophene rings is 1. The van der Waals surface area contributed by atoms with E-state index in [2.05, 4.69) is 36.8 Å². The first-order valence-corrected chi connectivity index (χ1v) is 7.63. The van der Waals surface area contributed by atoms with E-state index in [1.807, 2.05) is 17.5 Å². The number of aromatic nitrogens is 1. The molecule has 0 radical (unpaired) electrons. The number of rotatable bonds is 3. The Morgan fingerprint density at radius 2 is 2.28 bits per heavy atom. The number of amides is 1. The van der Waals surface area contributed by atoms with E-state index in [4.69, 9.17) is 0 Å². The van der Waals surface area contributed by atoms with E-state index in [1.54, 1.807) is 35.5 Å². The molecule has 6 heteroatoms. The Morgan fingerprint density at radius 3 is 2.89 bits per heavy atom. The van der Waals surface area contributed by atoms with Gasteiger partial charge in [-0.05, 0) is 61.0 Å². The number of hydrogen-bond acceptors (Lipinski definition) is 3. The highest BCUT2D eigenvalue weighted by molar-refractivity contribution is 9.11. The molecule has 0 unspecified atom stereocenters. The van der Waals surface area contributed by atoms with Crippen LogP contribution in [0.2, 0.25) is 0 Å². The summed E-state index contributed by atoms with van der Waals surface area (Å²) in [5.74, 6) is -0.0928. The second kappa shape index (κ2) is 5.95. The first-order chi connectivity index (χ1) is 8.58. The molecule has 1 amide bonds. The number of nitrogens with zero attached hydrogens (tertiary/aromatic N) is 2. The molecule has 0 saturated carbocycles. The Hall–Kier alpha value is -0.720. The molecule has 94 valence electrons. The summed E-state index contributed by atoms with van der Waals surface area (Å²) in [4.78, 5) is 18.0. The van der Waals surface area contributed by atoms with Crippen LogP contribution >= 0.6 is 43.2 Å². The second-order valence-electron chi connectivity index (χ2n) is 3.75. The molecule has 0 aliphatic carbocycles. The van der Waals surface area contributed by atoms with Crippen LogP contribution in [0.5, 0.6) is 0 Å². The molecule has 2 heterocycles. The van der Waals surface area contributed by atoms with Crippen LogP contribution in [0.1, 0.15) is 16.1 Å². The summed E-state index contributed by atoms with van der Waals surface area (Å²) in [6, 6.07) is 5.62. The van der Waals surface area contributed by atoms with Crippen LogP contribution in [0, 0.1) is 0 Å². The molecule has 0 bridgehead atoms. The largest absolute Gasteiger partial charge is 0.336 e. The van der Waals surface area contributed by atoms with Crippen molar-refractivity contribution in [3.63, 3.8) is 0 Å². The standard InChI is InChI=1S/C12H10Br2N2OS/c1-16(6-8-5-10(14)18-7-8)12(17)11-9(13)3-2-4-15-11/h2-5,7H,6H2,1H3. The van der Waals surface area contributed by atoms with Crippen molar-refractivity contribution >= 4 is 49.1 Å². The van der Waals surface area contributed by atoms with E-state index < -0.39 is 0 Å². The van der Waals surface area contributed by atoms with E-state index in [0.717, 1.165) is 9.35 Å². The van der Waals surface area contributed by atoms with Crippen LogP contribution in [0.15, 0.2) is 38.0 Å². The summed E-state index contributed by atoms with van der Waals surface area (Å²) in [7, 11) is 1.77. The number of hydrogen-bond donors (Lipinski definition) is 0. The van der Waals surface area contributed by atoms with Crippen molar-refractivity contribution in [3.05, 3.63) is 49.3 Å². The van der Waals surface area contributed by atoms with Gasteiger partial charge in [-0.3, -0.25) is 4.79 Å². The van der Waals surface area contributed by atoms with Crippen molar-refractivity contribution in [2.45, 2.75) is 6.54 Å². The van der Waals surface area contributed by atoms with Crippen molar-refractivity contribution in [1.82, 2.24) is 9.88 Å². The van der Waals surface area contributed by atoms with E-state index in [9.17, 15) is 4.79 Å². The summed E-state index contributed by atoms with van der Waals surface area (Å²) < 4.78 is 1.78. The third-order valence-corrected chi connectivity index (χ3v) is 4.54. The summed E-state index contributed by atoms with van der Waals surface area (Å²) in [6.07, 6.45) is 1.62. The molecule has 0 saturated heterocycles. The third kappa shape index (κ3) is 3.18. The zero-order chi connectivity index (χ0) is 13.1. The molecule has 3 nitrogen and oxygen atoms in total. The predicted octanol–water partition coefficient (Wildman–Crippen LogP) is 3.94. The molecule has 2 rings (SSSR count). The van der Waals surface area contributed by atoms with Crippen molar-refractivity contribution in [2.75, 3.05) is 7.05 Å². The minimum Gasteiger partial charge on any atom is -0.336 e. The number of carbonyl (C=O) groups is 1. The van der Waals surface area contributed by atoms with Gasteiger partial charge in [-0.15, -0.1) is 11.3 Å². The van der Waals surface area contributed by atoms with Crippen LogP contribution in [0.4, 0.5) is 0 Å². The van der Waals surface area contributed by atoms with Gasteiger partial charge >= 0.3 is 0 Å². The van der Waals surface area contributed by atoms with Crippen LogP contribution in [0.25, 0.3) is 0 Å². The lowest BCUT2D eigenvalue weighted by Gasteiger charge is -2.16. The third-order valence-electron chi connectivity index (χ3n) is 2.35. The van der Waals surface area contributed by atoms with E-state index in [1.165, 1.54) is 0 Å². The lowest BCUT2D eigenvalue weighted by Crippen LogP contribution is -2.27. The fourth-order valence-electron chi connectivity index (χ4n) is 1.50. The minimum absolute atomic E-state index is 0.0928. The van der Waals surface area contributed by atoms with Gasteiger partial charge in [-0.1, -0.05) is 0 Å². The zero-order valence-electron chi connectivity index (χ0n) is 9.56. The highest BCUT2D eigenvalue weighted by Crippen LogP contribution is 2.22. The van der Waals surface area contributed by atoms with Crippen molar-refractivity contribution < 1.29 is 4.79 Å². The smallest absolute Gasteiger partial charge is 0.273 e. The van der Waals surface area contributed by atoms with E-state index >= 15 is 0 Å². The summed E-state index contributed by atoms with van der Waals surface area (Å²) in [5.41, 5.74) is 1.55. The molecule has 0 fully saturated rings. The van der Waals surface area contributed by atoms with Gasteiger partial charge in [0, 0.05) is 24.3 Å². The Kier molecular flexibility index (Phi) is 4.53. The topological polar surface area (TPSA) is 33.2 Å². The average Bonchev–Trinajstić information content (AvgIpc) is 2.74. The van der Waals surface area contributed by atoms with Gasteiger partial charge < -0.3 is 4.90 Å². The molecular formula is C12H10Br2N2OS. The average molecular weight is 390 g/mol. The molecule has 0 aliphatic heterocycles. The summed E-state index contributed by atoms with van der Waals surface area (Å²) in [6.45, 7) is 0.573. The number of pyridine rings is 1. The van der Waals surface area contributed by atoms with Crippen molar-refractivity contribution in [1.29, 1.82) is 0 Å². The lowest BCUT2D eigenvalue weighted by atomic mass is 10.3. The van der Waals surface area contributed by atoms with Gasteiger partial charge in [0.15, 0.2) is 0 Å². The fourth-order valence-corrected chi connectivity index (χ4v) is 3.12. The van der Waals surface area contributed by atoms with E-state index in [0.29, 0.717) is 16.7 Å². The number of carbonyl (C=O) groups excluding carboxylic acids is 1. The van der Waals surface area contributed by atoms with Crippen LogP contribution < -0.4 is 0 Å². The monoisotopic (exact) mass is 388 g/mol. The Morgan fingerprint density at radius 1 is 1.50 bits per heavy atom. The molecule has 0 N–H and O–H groups in total. The maximum atomic E-state index is 12.2. The van der Waals surface area contributed by atoms with Gasteiger partial charge in [0.1, 0.15) is 5.69 Å². The number of halogens is 2. The zero-order valence-corrected chi connectivity index (χ0v) is 13.5. The maximum Gasteiger partial charge on any atom is 0.273 e. The Balaban J connectivity index is 2.12. The van der Waals surface area contributed by atoms with Crippen LogP contribution in [-0.2, 0) is 6.54 Å². The van der Waals surface area contributed by atoms with Gasteiger partial charge in [-0.2, -0.15) is 0 Å².